The summed E-state index contributed by atoms with van der Waals surface area (Å²) in [4.78, 5) is 26.8. The van der Waals surface area contributed by atoms with Crippen LogP contribution in [-0.2, 0) is 28.9 Å². The number of benzene rings is 1. The van der Waals surface area contributed by atoms with Gasteiger partial charge in [-0.15, -0.1) is 28.1 Å². The number of ether oxygens (including phenoxy) is 1. The average Bonchev–Trinajstić information content (AvgIpc) is 3.39. The zero-order valence-electron chi connectivity index (χ0n) is 19.7. The quantitative estimate of drug-likeness (QED) is 0.230. The van der Waals surface area contributed by atoms with Gasteiger partial charge in [0, 0.05) is 17.0 Å². The molecule has 0 atom stereocenters. The molecule has 2 aromatic heterocycles. The molecule has 1 aliphatic carbocycles. The topological polar surface area (TPSA) is 86.1 Å². The molecule has 1 amide bonds. The molecule has 7 nitrogen and oxygen atoms in total. The van der Waals surface area contributed by atoms with E-state index >= 15 is 0 Å². The van der Waals surface area contributed by atoms with Gasteiger partial charge < -0.3 is 10.1 Å². The highest BCUT2D eigenvalue weighted by Crippen LogP contribution is 2.39. The zero-order valence-corrected chi connectivity index (χ0v) is 21.3. The molecule has 0 saturated heterocycles. The third kappa shape index (κ3) is 5.82. The van der Waals surface area contributed by atoms with E-state index in [2.05, 4.69) is 22.1 Å². The summed E-state index contributed by atoms with van der Waals surface area (Å²) in [7, 11) is 0. The van der Waals surface area contributed by atoms with Gasteiger partial charge in [0.1, 0.15) is 10.8 Å². The molecule has 1 aromatic carbocycles. The third-order valence-electron chi connectivity index (χ3n) is 5.43. The molecule has 35 heavy (non-hydrogen) atoms. The van der Waals surface area contributed by atoms with E-state index in [1.807, 2.05) is 18.4 Å². The maximum Gasteiger partial charge on any atom is 0.341 e. The van der Waals surface area contributed by atoms with Crippen molar-refractivity contribution >= 4 is 40.0 Å². The van der Waals surface area contributed by atoms with E-state index in [4.69, 9.17) is 4.74 Å². The highest BCUT2D eigenvalue weighted by atomic mass is 32.2. The molecule has 10 heteroatoms. The predicted molar refractivity (Wildman–Crippen MR) is 136 cm³/mol. The first-order valence-corrected chi connectivity index (χ1v) is 13.3. The van der Waals surface area contributed by atoms with E-state index in [1.165, 1.54) is 35.2 Å². The standard InChI is InChI=1S/C25H27FN4O3S2/c1-4-13-30-22(16-9-11-17(26)12-10-16)28-29-25(30)34-14-20(31)27-23-21(24(32)33-15(2)3)18-7-5-6-8-19(18)35-23/h4,9-12,15H,1,5-8,13-14H2,2-3H3,(H,27,31). The summed E-state index contributed by atoms with van der Waals surface area (Å²) in [5, 5.41) is 12.5. The molecular weight excluding hydrogens is 487 g/mol. The molecule has 0 aliphatic heterocycles. The Morgan fingerprint density at radius 3 is 2.71 bits per heavy atom. The van der Waals surface area contributed by atoms with Crippen LogP contribution in [0.4, 0.5) is 9.39 Å². The molecule has 0 radical (unpaired) electrons. The average molecular weight is 515 g/mol. The Hall–Kier alpha value is -2.98. The molecule has 0 fully saturated rings. The van der Waals surface area contributed by atoms with E-state index in [0.29, 0.717) is 28.1 Å². The van der Waals surface area contributed by atoms with E-state index < -0.39 is 5.97 Å². The maximum absolute atomic E-state index is 13.3. The Morgan fingerprint density at radius 2 is 2.00 bits per heavy atom. The van der Waals surface area contributed by atoms with Crippen LogP contribution >= 0.6 is 23.1 Å². The number of amides is 1. The number of aryl methyl sites for hydroxylation is 1. The lowest BCUT2D eigenvalue weighted by Crippen LogP contribution is -2.19. The fourth-order valence-corrected chi connectivity index (χ4v) is 5.98. The van der Waals surface area contributed by atoms with Crippen molar-refractivity contribution in [2.45, 2.75) is 57.3 Å². The van der Waals surface area contributed by atoms with E-state index in [9.17, 15) is 14.0 Å². The third-order valence-corrected chi connectivity index (χ3v) is 7.61. The molecular formula is C25H27FN4O3S2. The SMILES string of the molecule is C=CCn1c(SCC(=O)Nc2sc3c(c2C(=O)OC(C)C)CCCC3)nnc1-c1ccc(F)cc1. The van der Waals surface area contributed by atoms with Crippen LogP contribution in [0.2, 0.25) is 0 Å². The first-order chi connectivity index (χ1) is 16.9. The smallest absolute Gasteiger partial charge is 0.341 e. The molecule has 0 bridgehead atoms. The van der Waals surface area contributed by atoms with Gasteiger partial charge in [-0.05, 0) is 69.4 Å². The number of thioether (sulfide) groups is 1. The molecule has 4 rings (SSSR count). The highest BCUT2D eigenvalue weighted by Gasteiger charge is 2.28. The number of rotatable bonds is 9. The van der Waals surface area contributed by atoms with Gasteiger partial charge in [-0.25, -0.2) is 9.18 Å². The van der Waals surface area contributed by atoms with Crippen molar-refractivity contribution < 1.29 is 18.7 Å². The minimum Gasteiger partial charge on any atom is -0.459 e. The van der Waals surface area contributed by atoms with Crippen molar-refractivity contribution in [2.24, 2.45) is 0 Å². The number of esters is 1. The molecule has 0 saturated carbocycles. The van der Waals surface area contributed by atoms with Gasteiger partial charge in [0.2, 0.25) is 5.91 Å². The predicted octanol–water partition coefficient (Wildman–Crippen LogP) is 5.51. The monoisotopic (exact) mass is 514 g/mol. The summed E-state index contributed by atoms with van der Waals surface area (Å²) in [6.45, 7) is 7.85. The Morgan fingerprint density at radius 1 is 1.26 bits per heavy atom. The number of carbonyl (C=O) groups is 2. The summed E-state index contributed by atoms with van der Waals surface area (Å²) in [6.07, 6.45) is 5.28. The first-order valence-electron chi connectivity index (χ1n) is 11.5. The minimum absolute atomic E-state index is 0.0833. The summed E-state index contributed by atoms with van der Waals surface area (Å²) in [5.41, 5.74) is 2.21. The Kier molecular flexibility index (Phi) is 8.02. The molecule has 1 aliphatic rings. The zero-order chi connectivity index (χ0) is 24.9. The van der Waals surface area contributed by atoms with Gasteiger partial charge in [0.15, 0.2) is 11.0 Å². The fourth-order valence-electron chi connectivity index (χ4n) is 3.94. The number of halogens is 1. The number of fused-ring (bicyclic) bond motifs is 1. The van der Waals surface area contributed by atoms with Crippen LogP contribution in [0.25, 0.3) is 11.4 Å². The Balaban J connectivity index is 1.50. The number of hydrogen-bond donors (Lipinski definition) is 1. The summed E-state index contributed by atoms with van der Waals surface area (Å²) < 4.78 is 20.6. The van der Waals surface area contributed by atoms with Crippen molar-refractivity contribution in [3.63, 3.8) is 0 Å². The summed E-state index contributed by atoms with van der Waals surface area (Å²) in [6, 6.07) is 6.00. The molecule has 1 N–H and O–H groups in total. The van der Waals surface area contributed by atoms with Crippen LogP contribution in [0.15, 0.2) is 42.1 Å². The van der Waals surface area contributed by atoms with Crippen LogP contribution in [0, 0.1) is 5.82 Å². The van der Waals surface area contributed by atoms with Gasteiger partial charge in [-0.3, -0.25) is 9.36 Å². The largest absolute Gasteiger partial charge is 0.459 e. The minimum atomic E-state index is -0.392. The summed E-state index contributed by atoms with van der Waals surface area (Å²) >= 11 is 2.70. The van der Waals surface area contributed by atoms with Crippen molar-refractivity contribution in [3.05, 3.63) is 58.7 Å². The Bertz CT molecular complexity index is 1230. The number of carbonyl (C=O) groups excluding carboxylic acids is 2. The number of allylic oxidation sites excluding steroid dienone is 1. The van der Waals surface area contributed by atoms with Crippen LogP contribution in [0.1, 0.15) is 47.5 Å². The van der Waals surface area contributed by atoms with Crippen molar-refractivity contribution in [1.29, 1.82) is 0 Å². The highest BCUT2D eigenvalue weighted by molar-refractivity contribution is 7.99. The number of anilines is 1. The van der Waals surface area contributed by atoms with Crippen molar-refractivity contribution in [2.75, 3.05) is 11.1 Å². The van der Waals surface area contributed by atoms with Gasteiger partial charge in [0.05, 0.1) is 17.4 Å². The lowest BCUT2D eigenvalue weighted by molar-refractivity contribution is -0.113. The van der Waals surface area contributed by atoms with Gasteiger partial charge >= 0.3 is 5.97 Å². The second kappa shape index (κ2) is 11.2. The Labute approximate surface area is 211 Å². The number of nitrogens with zero attached hydrogens (tertiary/aromatic N) is 3. The van der Waals surface area contributed by atoms with E-state index in [-0.39, 0.29) is 23.6 Å². The number of aromatic nitrogens is 3. The molecule has 0 spiro atoms. The second-order valence-electron chi connectivity index (χ2n) is 8.42. The fraction of sp³-hybridized carbons (Fsp3) is 0.360. The van der Waals surface area contributed by atoms with Crippen LogP contribution < -0.4 is 5.32 Å². The maximum atomic E-state index is 13.3. The van der Waals surface area contributed by atoms with Gasteiger partial charge in [-0.1, -0.05) is 17.8 Å². The van der Waals surface area contributed by atoms with Crippen LogP contribution in [-0.4, -0.2) is 38.5 Å². The number of nitrogens with one attached hydrogen (secondary N) is 1. The second-order valence-corrected chi connectivity index (χ2v) is 10.5. The summed E-state index contributed by atoms with van der Waals surface area (Å²) in [5.74, 6) is -0.320. The van der Waals surface area contributed by atoms with Crippen molar-refractivity contribution in [1.82, 2.24) is 14.8 Å². The van der Waals surface area contributed by atoms with Crippen molar-refractivity contribution in [3.8, 4) is 11.4 Å². The molecule has 2 heterocycles. The molecule has 3 aromatic rings. The number of thiophene rings is 1. The first kappa shape index (κ1) is 25.1. The molecule has 0 unspecified atom stereocenters. The lowest BCUT2D eigenvalue weighted by Gasteiger charge is -2.14. The van der Waals surface area contributed by atoms with E-state index in [0.717, 1.165) is 41.7 Å². The van der Waals surface area contributed by atoms with Gasteiger partial charge in [-0.2, -0.15) is 0 Å². The van der Waals surface area contributed by atoms with Gasteiger partial charge in [0.25, 0.3) is 0 Å². The van der Waals surface area contributed by atoms with Crippen LogP contribution in [0.5, 0.6) is 0 Å². The number of hydrogen-bond acceptors (Lipinski definition) is 7. The normalized spacial score (nSPS) is 12.9. The molecule has 184 valence electrons. The van der Waals surface area contributed by atoms with E-state index in [1.54, 1.807) is 18.2 Å². The lowest BCUT2D eigenvalue weighted by atomic mass is 9.95. The van der Waals surface area contributed by atoms with Crippen LogP contribution in [0.3, 0.4) is 0 Å².